The van der Waals surface area contributed by atoms with Gasteiger partial charge in [-0.05, 0) is 64.8 Å². The van der Waals surface area contributed by atoms with Crippen LogP contribution in [0.5, 0.6) is 0 Å². The highest BCUT2D eigenvalue weighted by Crippen LogP contribution is 2.44. The summed E-state index contributed by atoms with van der Waals surface area (Å²) in [7, 11) is 0. The molecule has 0 aromatic heterocycles. The molecule has 0 aliphatic carbocycles. The Morgan fingerprint density at radius 2 is 1.86 bits per heavy atom. The minimum atomic E-state index is -0.0777. The van der Waals surface area contributed by atoms with E-state index in [-0.39, 0.29) is 11.2 Å². The van der Waals surface area contributed by atoms with Gasteiger partial charge in [0.15, 0.2) is 0 Å². The largest absolute Gasteiger partial charge is 0.369 e. The number of likely N-dealkylation sites (N-methyl/N-ethyl adjacent to an activating group) is 1. The maximum absolute atomic E-state index is 6.29. The Kier molecular flexibility index (Phi) is 5.17. The maximum atomic E-state index is 6.29. The maximum Gasteiger partial charge on any atom is 0.0677 e. The van der Waals surface area contributed by atoms with Crippen LogP contribution in [0.3, 0.4) is 0 Å². The average molecular weight is 354 g/mol. The topological polar surface area (TPSA) is 21.3 Å². The number of rotatable bonds is 5. The average Bonchev–Trinajstić information content (AvgIpc) is 2.59. The SMILES string of the molecule is CCNC(Cc1ccc(Br)cc1)C1CC(C)(C)OC1(C)C. The Labute approximate surface area is 137 Å². The van der Waals surface area contributed by atoms with Crippen LogP contribution in [-0.2, 0) is 11.2 Å². The molecule has 1 N–H and O–H groups in total. The van der Waals surface area contributed by atoms with Gasteiger partial charge in [0.1, 0.15) is 0 Å². The molecule has 3 heteroatoms. The van der Waals surface area contributed by atoms with Gasteiger partial charge in [0, 0.05) is 16.4 Å². The smallest absolute Gasteiger partial charge is 0.0677 e. The summed E-state index contributed by atoms with van der Waals surface area (Å²) in [5.74, 6) is 0.524. The zero-order valence-corrected chi connectivity index (χ0v) is 15.5. The summed E-state index contributed by atoms with van der Waals surface area (Å²) in [6, 6.07) is 9.12. The first-order valence-electron chi connectivity index (χ1n) is 7.91. The van der Waals surface area contributed by atoms with Crippen molar-refractivity contribution in [1.29, 1.82) is 0 Å². The predicted molar refractivity (Wildman–Crippen MR) is 92.7 cm³/mol. The molecule has 1 aliphatic rings. The van der Waals surface area contributed by atoms with Gasteiger partial charge in [-0.25, -0.2) is 0 Å². The summed E-state index contributed by atoms with van der Waals surface area (Å²) in [5.41, 5.74) is 1.28. The van der Waals surface area contributed by atoms with Gasteiger partial charge >= 0.3 is 0 Å². The molecule has 0 spiro atoms. The standard InChI is InChI=1S/C18H28BrNO/c1-6-20-16(11-13-7-9-14(19)10-8-13)15-12-17(2,3)21-18(15,4)5/h7-10,15-16,20H,6,11-12H2,1-5H3. The van der Waals surface area contributed by atoms with E-state index < -0.39 is 0 Å². The summed E-state index contributed by atoms with van der Waals surface area (Å²) in [6.45, 7) is 12.1. The highest BCUT2D eigenvalue weighted by Gasteiger charge is 2.48. The van der Waals surface area contributed by atoms with E-state index >= 15 is 0 Å². The fourth-order valence-corrected chi connectivity index (χ4v) is 3.99. The third kappa shape index (κ3) is 4.30. The van der Waals surface area contributed by atoms with Crippen LogP contribution < -0.4 is 5.32 Å². The first-order valence-corrected chi connectivity index (χ1v) is 8.71. The molecule has 1 heterocycles. The first-order chi connectivity index (χ1) is 9.73. The van der Waals surface area contributed by atoms with Crippen molar-refractivity contribution in [1.82, 2.24) is 5.32 Å². The summed E-state index contributed by atoms with van der Waals surface area (Å²) in [5, 5.41) is 3.69. The van der Waals surface area contributed by atoms with Crippen molar-refractivity contribution in [3.63, 3.8) is 0 Å². The third-order valence-electron chi connectivity index (χ3n) is 4.46. The molecule has 1 aromatic rings. The number of nitrogens with one attached hydrogen (secondary N) is 1. The monoisotopic (exact) mass is 353 g/mol. The zero-order chi connectivity index (χ0) is 15.7. The zero-order valence-electron chi connectivity index (χ0n) is 13.9. The second-order valence-electron chi connectivity index (χ2n) is 7.27. The lowest BCUT2D eigenvalue weighted by Gasteiger charge is -2.33. The minimum absolute atomic E-state index is 0.0262. The summed E-state index contributed by atoms with van der Waals surface area (Å²) in [6.07, 6.45) is 2.16. The Morgan fingerprint density at radius 3 is 2.33 bits per heavy atom. The summed E-state index contributed by atoms with van der Waals surface area (Å²) in [4.78, 5) is 0. The molecule has 0 saturated carbocycles. The van der Waals surface area contributed by atoms with Crippen molar-refractivity contribution >= 4 is 15.9 Å². The van der Waals surface area contributed by atoms with Crippen molar-refractivity contribution in [3.05, 3.63) is 34.3 Å². The van der Waals surface area contributed by atoms with E-state index in [9.17, 15) is 0 Å². The first kappa shape index (κ1) is 17.0. The highest BCUT2D eigenvalue weighted by atomic mass is 79.9. The lowest BCUT2D eigenvalue weighted by molar-refractivity contribution is -0.0776. The number of hydrogen-bond donors (Lipinski definition) is 1. The van der Waals surface area contributed by atoms with E-state index in [1.807, 2.05) is 0 Å². The quantitative estimate of drug-likeness (QED) is 0.837. The molecular weight excluding hydrogens is 326 g/mol. The van der Waals surface area contributed by atoms with Crippen molar-refractivity contribution in [3.8, 4) is 0 Å². The number of benzene rings is 1. The molecule has 2 atom stereocenters. The van der Waals surface area contributed by atoms with Gasteiger partial charge in [0.2, 0.25) is 0 Å². The van der Waals surface area contributed by atoms with Gasteiger partial charge in [-0.3, -0.25) is 0 Å². The van der Waals surface area contributed by atoms with E-state index in [4.69, 9.17) is 4.74 Å². The van der Waals surface area contributed by atoms with Crippen LogP contribution in [0.25, 0.3) is 0 Å². The van der Waals surface area contributed by atoms with Gasteiger partial charge in [-0.15, -0.1) is 0 Å². The number of ether oxygens (including phenoxy) is 1. The van der Waals surface area contributed by atoms with E-state index in [1.54, 1.807) is 0 Å². The third-order valence-corrected chi connectivity index (χ3v) is 4.99. The van der Waals surface area contributed by atoms with Crippen molar-refractivity contribution in [2.24, 2.45) is 5.92 Å². The van der Waals surface area contributed by atoms with E-state index in [0.717, 1.165) is 23.9 Å². The summed E-state index contributed by atoms with van der Waals surface area (Å²) >= 11 is 3.51. The van der Waals surface area contributed by atoms with Crippen LogP contribution in [0.2, 0.25) is 0 Å². The second kappa shape index (κ2) is 6.39. The molecule has 0 bridgehead atoms. The Balaban J connectivity index is 2.17. The highest BCUT2D eigenvalue weighted by molar-refractivity contribution is 9.10. The van der Waals surface area contributed by atoms with Crippen molar-refractivity contribution in [2.45, 2.75) is 64.7 Å². The van der Waals surface area contributed by atoms with E-state index in [2.05, 4.69) is 80.1 Å². The van der Waals surface area contributed by atoms with Gasteiger partial charge in [-0.1, -0.05) is 35.0 Å². The van der Waals surface area contributed by atoms with Crippen molar-refractivity contribution < 1.29 is 4.74 Å². The molecular formula is C18H28BrNO. The molecule has 118 valence electrons. The fourth-order valence-electron chi connectivity index (χ4n) is 3.72. The van der Waals surface area contributed by atoms with Gasteiger partial charge in [-0.2, -0.15) is 0 Å². The Bertz CT molecular complexity index is 467. The number of halogens is 1. The van der Waals surface area contributed by atoms with E-state index in [1.165, 1.54) is 5.56 Å². The Hall–Kier alpha value is -0.380. The van der Waals surface area contributed by atoms with Crippen LogP contribution in [0.1, 0.15) is 46.6 Å². The molecule has 21 heavy (non-hydrogen) atoms. The molecule has 2 nitrogen and oxygen atoms in total. The van der Waals surface area contributed by atoms with Crippen LogP contribution in [0.4, 0.5) is 0 Å². The second-order valence-corrected chi connectivity index (χ2v) is 8.19. The summed E-state index contributed by atoms with van der Waals surface area (Å²) < 4.78 is 7.42. The van der Waals surface area contributed by atoms with Crippen LogP contribution in [-0.4, -0.2) is 23.8 Å². The normalized spacial score (nSPS) is 25.0. The van der Waals surface area contributed by atoms with Gasteiger partial charge < -0.3 is 10.1 Å². The molecule has 0 radical (unpaired) electrons. The molecule has 1 fully saturated rings. The molecule has 1 aliphatic heterocycles. The van der Waals surface area contributed by atoms with Crippen LogP contribution in [0, 0.1) is 5.92 Å². The minimum Gasteiger partial charge on any atom is -0.369 e. The lowest BCUT2D eigenvalue weighted by atomic mass is 9.79. The van der Waals surface area contributed by atoms with Gasteiger partial charge in [0.25, 0.3) is 0 Å². The molecule has 0 amide bonds. The molecule has 2 rings (SSSR count). The van der Waals surface area contributed by atoms with E-state index in [0.29, 0.717) is 12.0 Å². The molecule has 2 unspecified atom stereocenters. The van der Waals surface area contributed by atoms with Gasteiger partial charge in [0.05, 0.1) is 11.2 Å². The number of hydrogen-bond acceptors (Lipinski definition) is 2. The van der Waals surface area contributed by atoms with Crippen molar-refractivity contribution in [2.75, 3.05) is 6.54 Å². The predicted octanol–water partition coefficient (Wildman–Crippen LogP) is 4.56. The van der Waals surface area contributed by atoms with Crippen LogP contribution in [0.15, 0.2) is 28.7 Å². The Morgan fingerprint density at radius 1 is 1.24 bits per heavy atom. The fraction of sp³-hybridized carbons (Fsp3) is 0.667. The lowest BCUT2D eigenvalue weighted by Crippen LogP contribution is -2.45. The molecule has 1 saturated heterocycles. The van der Waals surface area contributed by atoms with Crippen LogP contribution >= 0.6 is 15.9 Å². The molecule has 1 aromatic carbocycles.